The van der Waals surface area contributed by atoms with Gasteiger partial charge in [0.2, 0.25) is 0 Å². The molecule has 0 aromatic carbocycles. The fraction of sp³-hybridized carbons (Fsp3) is 0.611. The summed E-state index contributed by atoms with van der Waals surface area (Å²) in [6, 6.07) is 2.97. The van der Waals surface area contributed by atoms with E-state index in [0.29, 0.717) is 17.8 Å². The number of nitrogens with zero attached hydrogens (tertiary/aromatic N) is 5. The maximum atomic E-state index is 12.9. The smallest absolute Gasteiger partial charge is 0.273 e. The third-order valence-corrected chi connectivity index (χ3v) is 5.60. The van der Waals surface area contributed by atoms with E-state index in [9.17, 15) is 4.79 Å². The largest absolute Gasteiger partial charge is 0.346 e. The summed E-state index contributed by atoms with van der Waals surface area (Å²) >= 11 is 0. The highest BCUT2D eigenvalue weighted by Crippen LogP contribution is 2.22. The van der Waals surface area contributed by atoms with Crippen LogP contribution in [0.2, 0.25) is 0 Å². The molecule has 1 N–H and O–H groups in total. The number of amides is 1. The van der Waals surface area contributed by atoms with Crippen molar-refractivity contribution in [3.05, 3.63) is 24.3 Å². The molecule has 4 rings (SSSR count). The van der Waals surface area contributed by atoms with Crippen LogP contribution >= 0.6 is 0 Å². The van der Waals surface area contributed by atoms with Crippen LogP contribution in [0.1, 0.15) is 30.8 Å². The topological polar surface area (TPSA) is 68.4 Å². The van der Waals surface area contributed by atoms with Gasteiger partial charge in [0.15, 0.2) is 0 Å². The lowest BCUT2D eigenvalue weighted by Crippen LogP contribution is -2.52. The summed E-state index contributed by atoms with van der Waals surface area (Å²) in [7, 11) is 0. The zero-order valence-electron chi connectivity index (χ0n) is 15.0. The summed E-state index contributed by atoms with van der Waals surface area (Å²) in [6.07, 6.45) is 4.32. The molecule has 2 aliphatic heterocycles. The SMILES string of the molecule is CC(C)N1CCN(C2CCN(C(=O)c3ncnc4[nH]ccc34)C2)CC1. The Kier molecular flexibility index (Phi) is 4.43. The van der Waals surface area contributed by atoms with Crippen LogP contribution in [0.5, 0.6) is 0 Å². The summed E-state index contributed by atoms with van der Waals surface area (Å²) in [4.78, 5) is 31.4. The molecule has 7 heteroatoms. The van der Waals surface area contributed by atoms with Crippen molar-refractivity contribution in [2.24, 2.45) is 0 Å². The van der Waals surface area contributed by atoms with Gasteiger partial charge in [0.1, 0.15) is 17.7 Å². The van der Waals surface area contributed by atoms with Crippen molar-refractivity contribution in [2.75, 3.05) is 39.3 Å². The molecule has 1 atom stereocenters. The van der Waals surface area contributed by atoms with Crippen LogP contribution < -0.4 is 0 Å². The zero-order valence-corrected chi connectivity index (χ0v) is 15.0. The Balaban J connectivity index is 1.41. The van der Waals surface area contributed by atoms with E-state index in [4.69, 9.17) is 0 Å². The molecule has 0 aliphatic carbocycles. The molecule has 2 aromatic rings. The fourth-order valence-corrected chi connectivity index (χ4v) is 4.04. The first-order valence-corrected chi connectivity index (χ1v) is 9.19. The second kappa shape index (κ2) is 6.72. The van der Waals surface area contributed by atoms with Crippen molar-refractivity contribution < 1.29 is 4.79 Å². The number of fused-ring (bicyclic) bond motifs is 1. The van der Waals surface area contributed by atoms with Crippen molar-refractivity contribution in [2.45, 2.75) is 32.4 Å². The maximum absolute atomic E-state index is 12.9. The van der Waals surface area contributed by atoms with E-state index in [2.05, 4.69) is 38.6 Å². The average molecular weight is 342 g/mol. The minimum absolute atomic E-state index is 0.0234. The van der Waals surface area contributed by atoms with Crippen LogP contribution in [0.15, 0.2) is 18.6 Å². The van der Waals surface area contributed by atoms with Crippen LogP contribution in [0.4, 0.5) is 0 Å². The number of rotatable bonds is 3. The lowest BCUT2D eigenvalue weighted by molar-refractivity contribution is 0.0697. The summed E-state index contributed by atoms with van der Waals surface area (Å²) < 4.78 is 0. The number of piperazine rings is 1. The predicted octanol–water partition coefficient (Wildman–Crippen LogP) is 1.20. The average Bonchev–Trinajstić information content (AvgIpc) is 3.30. The Morgan fingerprint density at radius 2 is 2.00 bits per heavy atom. The van der Waals surface area contributed by atoms with E-state index in [1.807, 2.05) is 11.0 Å². The van der Waals surface area contributed by atoms with Crippen molar-refractivity contribution >= 4 is 16.9 Å². The van der Waals surface area contributed by atoms with Gasteiger partial charge in [-0.3, -0.25) is 14.6 Å². The Labute approximate surface area is 148 Å². The standard InChI is InChI=1S/C18H26N6O/c1-13(2)22-7-9-23(10-8-22)14-4-6-24(11-14)18(25)16-15-3-5-19-17(15)21-12-20-16/h3,5,12-14H,4,6-11H2,1-2H3,(H,19,20,21). The summed E-state index contributed by atoms with van der Waals surface area (Å²) in [6.45, 7) is 10.6. The lowest BCUT2D eigenvalue weighted by Gasteiger charge is -2.39. The quantitative estimate of drug-likeness (QED) is 0.908. The van der Waals surface area contributed by atoms with E-state index < -0.39 is 0 Å². The van der Waals surface area contributed by atoms with Gasteiger partial charge in [-0.05, 0) is 26.3 Å². The summed E-state index contributed by atoms with van der Waals surface area (Å²) in [5.74, 6) is 0.0234. The predicted molar refractivity (Wildman–Crippen MR) is 96.5 cm³/mol. The molecule has 2 aromatic heterocycles. The molecular formula is C18H26N6O. The number of carbonyl (C=O) groups is 1. The Hall–Kier alpha value is -1.99. The molecule has 7 nitrogen and oxygen atoms in total. The molecular weight excluding hydrogens is 316 g/mol. The highest BCUT2D eigenvalue weighted by atomic mass is 16.2. The highest BCUT2D eigenvalue weighted by Gasteiger charge is 2.33. The number of aromatic amines is 1. The van der Waals surface area contributed by atoms with Crippen LogP contribution in [0.25, 0.3) is 11.0 Å². The Morgan fingerprint density at radius 3 is 2.76 bits per heavy atom. The molecule has 0 saturated carbocycles. The summed E-state index contributed by atoms with van der Waals surface area (Å²) in [5, 5.41) is 0.807. The highest BCUT2D eigenvalue weighted by molar-refractivity contribution is 6.03. The van der Waals surface area contributed by atoms with Gasteiger partial charge in [-0.15, -0.1) is 0 Å². The number of aromatic nitrogens is 3. The molecule has 25 heavy (non-hydrogen) atoms. The molecule has 2 fully saturated rings. The van der Waals surface area contributed by atoms with Gasteiger partial charge < -0.3 is 9.88 Å². The number of carbonyl (C=O) groups excluding carboxylic acids is 1. The van der Waals surface area contributed by atoms with Gasteiger partial charge in [0.25, 0.3) is 5.91 Å². The fourth-order valence-electron chi connectivity index (χ4n) is 4.04. The minimum atomic E-state index is 0.0234. The number of hydrogen-bond acceptors (Lipinski definition) is 5. The third kappa shape index (κ3) is 3.14. The Bertz CT molecular complexity index is 749. The number of H-pyrrole nitrogens is 1. The van der Waals surface area contributed by atoms with E-state index >= 15 is 0 Å². The molecule has 1 unspecified atom stereocenters. The number of likely N-dealkylation sites (tertiary alicyclic amines) is 1. The maximum Gasteiger partial charge on any atom is 0.273 e. The van der Waals surface area contributed by atoms with E-state index in [-0.39, 0.29) is 5.91 Å². The second-order valence-electron chi connectivity index (χ2n) is 7.32. The minimum Gasteiger partial charge on any atom is -0.346 e. The van der Waals surface area contributed by atoms with Gasteiger partial charge in [0, 0.05) is 57.5 Å². The molecule has 4 heterocycles. The van der Waals surface area contributed by atoms with Gasteiger partial charge in [-0.1, -0.05) is 0 Å². The first kappa shape index (κ1) is 16.5. The molecule has 2 saturated heterocycles. The van der Waals surface area contributed by atoms with Gasteiger partial charge in [0.05, 0.1) is 5.39 Å². The van der Waals surface area contributed by atoms with Gasteiger partial charge >= 0.3 is 0 Å². The van der Waals surface area contributed by atoms with Crippen molar-refractivity contribution in [3.63, 3.8) is 0 Å². The lowest BCUT2D eigenvalue weighted by atomic mass is 10.1. The monoisotopic (exact) mass is 342 g/mol. The molecule has 134 valence electrons. The third-order valence-electron chi connectivity index (χ3n) is 5.60. The van der Waals surface area contributed by atoms with E-state index in [1.165, 1.54) is 6.33 Å². The second-order valence-corrected chi connectivity index (χ2v) is 7.32. The number of nitrogens with one attached hydrogen (secondary N) is 1. The zero-order chi connectivity index (χ0) is 17.4. The normalized spacial score (nSPS) is 23.0. The van der Waals surface area contributed by atoms with Crippen LogP contribution in [0.3, 0.4) is 0 Å². The van der Waals surface area contributed by atoms with E-state index in [0.717, 1.165) is 56.7 Å². The molecule has 0 bridgehead atoms. The molecule has 0 spiro atoms. The molecule has 2 aliphatic rings. The van der Waals surface area contributed by atoms with Crippen LogP contribution in [0, 0.1) is 0 Å². The van der Waals surface area contributed by atoms with Gasteiger partial charge in [-0.25, -0.2) is 9.97 Å². The van der Waals surface area contributed by atoms with Crippen molar-refractivity contribution in [1.29, 1.82) is 0 Å². The number of hydrogen-bond donors (Lipinski definition) is 1. The van der Waals surface area contributed by atoms with Crippen molar-refractivity contribution in [1.82, 2.24) is 29.7 Å². The summed E-state index contributed by atoms with van der Waals surface area (Å²) in [5.41, 5.74) is 1.23. The molecule has 0 radical (unpaired) electrons. The first-order chi connectivity index (χ1) is 12.1. The molecule has 1 amide bonds. The van der Waals surface area contributed by atoms with Gasteiger partial charge in [-0.2, -0.15) is 0 Å². The van der Waals surface area contributed by atoms with Crippen LogP contribution in [-0.2, 0) is 0 Å². The van der Waals surface area contributed by atoms with Crippen LogP contribution in [-0.4, -0.2) is 86.9 Å². The van der Waals surface area contributed by atoms with Crippen molar-refractivity contribution in [3.8, 4) is 0 Å². The first-order valence-electron chi connectivity index (χ1n) is 9.19. The van der Waals surface area contributed by atoms with E-state index in [1.54, 1.807) is 6.20 Å². The Morgan fingerprint density at radius 1 is 1.20 bits per heavy atom.